The third kappa shape index (κ3) is 5.14. The topological polar surface area (TPSA) is 75.7 Å². The van der Waals surface area contributed by atoms with E-state index in [0.717, 1.165) is 5.56 Å². The molecule has 1 atom stereocenters. The lowest BCUT2D eigenvalue weighted by molar-refractivity contribution is 0.0526. The van der Waals surface area contributed by atoms with Crippen LogP contribution in [0, 0.1) is 0 Å². The van der Waals surface area contributed by atoms with Crippen molar-refractivity contribution in [2.24, 2.45) is 0 Å². The molecule has 0 spiro atoms. The minimum atomic E-state index is -3.74. The number of hydrogen-bond donors (Lipinski definition) is 1. The fraction of sp³-hybridized carbons (Fsp3) is 0.353. The fourth-order valence-corrected chi connectivity index (χ4v) is 5.21. The lowest BCUT2D eigenvalue weighted by Gasteiger charge is -2.24. The van der Waals surface area contributed by atoms with Gasteiger partial charge in [0.2, 0.25) is 10.0 Å². The summed E-state index contributed by atoms with van der Waals surface area (Å²) >= 11 is 4.81. The molecule has 6 nitrogen and oxygen atoms in total. The van der Waals surface area contributed by atoms with E-state index in [1.54, 1.807) is 18.3 Å². The predicted molar refractivity (Wildman–Crippen MR) is 106 cm³/mol. The summed E-state index contributed by atoms with van der Waals surface area (Å²) < 4.78 is 33.3. The highest BCUT2D eigenvalue weighted by Crippen LogP contribution is 2.25. The number of halogens is 1. The molecule has 1 N–H and O–H groups in total. The minimum absolute atomic E-state index is 0.0754. The quantitative estimate of drug-likeness (QED) is 0.611. The zero-order valence-corrected chi connectivity index (χ0v) is 17.9. The highest BCUT2D eigenvalue weighted by Gasteiger charge is 2.22. The highest BCUT2D eigenvalue weighted by molar-refractivity contribution is 9.10. The largest absolute Gasteiger partial charge is 0.462 e. The first-order valence-corrected chi connectivity index (χ1v) is 11.1. The van der Waals surface area contributed by atoms with Crippen LogP contribution in [0.4, 0.5) is 0 Å². The van der Waals surface area contributed by atoms with E-state index < -0.39 is 16.0 Å². The Morgan fingerprint density at radius 3 is 2.62 bits per heavy atom. The molecule has 0 radical (unpaired) electrons. The number of thiophene rings is 1. The Morgan fingerprint density at radius 2 is 2.08 bits per heavy atom. The van der Waals surface area contributed by atoms with Crippen molar-refractivity contribution in [1.29, 1.82) is 0 Å². The van der Waals surface area contributed by atoms with E-state index >= 15 is 0 Å². The molecule has 26 heavy (non-hydrogen) atoms. The average molecular weight is 461 g/mol. The molecule has 1 heterocycles. The maximum absolute atomic E-state index is 12.7. The molecule has 2 aromatic rings. The van der Waals surface area contributed by atoms with Crippen LogP contribution in [0.15, 0.2) is 44.4 Å². The summed E-state index contributed by atoms with van der Waals surface area (Å²) in [4.78, 5) is 13.8. The van der Waals surface area contributed by atoms with Gasteiger partial charge in [0, 0.05) is 17.1 Å². The molecule has 0 amide bonds. The number of benzene rings is 1. The molecule has 1 aromatic carbocycles. The molecule has 0 saturated carbocycles. The lowest BCUT2D eigenvalue weighted by Crippen LogP contribution is -2.34. The minimum Gasteiger partial charge on any atom is -0.462 e. The summed E-state index contributed by atoms with van der Waals surface area (Å²) in [6.45, 7) is 2.20. The molecule has 2 rings (SSSR count). The van der Waals surface area contributed by atoms with Crippen molar-refractivity contribution in [2.75, 3.05) is 27.2 Å². The highest BCUT2D eigenvalue weighted by atomic mass is 79.9. The van der Waals surface area contributed by atoms with Crippen LogP contribution in [0.5, 0.6) is 0 Å². The second-order valence-electron chi connectivity index (χ2n) is 5.75. The molecule has 1 aromatic heterocycles. The molecule has 0 saturated heterocycles. The number of carbonyl (C=O) groups excluding carboxylic acids is 1. The number of carbonyl (C=O) groups is 1. The number of ether oxygens (including phenoxy) is 1. The van der Waals surface area contributed by atoms with E-state index in [-0.39, 0.29) is 24.1 Å². The van der Waals surface area contributed by atoms with Gasteiger partial charge < -0.3 is 9.64 Å². The van der Waals surface area contributed by atoms with Crippen molar-refractivity contribution in [3.63, 3.8) is 0 Å². The number of nitrogens with one attached hydrogen (secondary N) is 1. The van der Waals surface area contributed by atoms with Crippen LogP contribution >= 0.6 is 27.3 Å². The van der Waals surface area contributed by atoms with Crippen LogP contribution in [-0.4, -0.2) is 46.5 Å². The normalized spacial score (nSPS) is 13.0. The Balaban J connectivity index is 2.18. The van der Waals surface area contributed by atoms with Gasteiger partial charge in [-0.2, -0.15) is 11.3 Å². The number of hydrogen-bond acceptors (Lipinski definition) is 6. The van der Waals surface area contributed by atoms with Gasteiger partial charge in [0.1, 0.15) is 0 Å². The zero-order valence-electron chi connectivity index (χ0n) is 14.7. The predicted octanol–water partition coefficient (Wildman–Crippen LogP) is 3.27. The van der Waals surface area contributed by atoms with Crippen molar-refractivity contribution in [3.05, 3.63) is 50.6 Å². The summed E-state index contributed by atoms with van der Waals surface area (Å²) in [7, 11) is 0.0693. The van der Waals surface area contributed by atoms with Gasteiger partial charge in [0.25, 0.3) is 0 Å². The third-order valence-corrected chi connectivity index (χ3v) is 6.85. The molecule has 9 heteroatoms. The standard InChI is InChI=1S/C17H21BrN2O4S2/c1-4-24-17(21)12-5-6-16(14(18)9-12)26(22,23)19-10-15(20(2)3)13-7-8-25-11-13/h5-9,11,15,19H,4,10H2,1-3H3/t15-/m0/s1. The Kier molecular flexibility index (Phi) is 7.36. The van der Waals surface area contributed by atoms with Gasteiger partial charge in [-0.25, -0.2) is 17.9 Å². The van der Waals surface area contributed by atoms with Gasteiger partial charge in [-0.15, -0.1) is 0 Å². The van der Waals surface area contributed by atoms with Crippen molar-refractivity contribution in [1.82, 2.24) is 9.62 Å². The van der Waals surface area contributed by atoms with Crippen LogP contribution in [0.1, 0.15) is 28.9 Å². The monoisotopic (exact) mass is 460 g/mol. The maximum Gasteiger partial charge on any atom is 0.338 e. The molecule has 142 valence electrons. The molecule has 0 unspecified atom stereocenters. The van der Waals surface area contributed by atoms with Gasteiger partial charge in [-0.1, -0.05) is 0 Å². The fourth-order valence-electron chi connectivity index (χ4n) is 2.39. The lowest BCUT2D eigenvalue weighted by atomic mass is 10.1. The van der Waals surface area contributed by atoms with Gasteiger partial charge in [0.15, 0.2) is 0 Å². The summed E-state index contributed by atoms with van der Waals surface area (Å²) in [5, 5.41) is 3.97. The number of sulfonamides is 1. The second-order valence-corrected chi connectivity index (χ2v) is 9.12. The number of esters is 1. The van der Waals surface area contributed by atoms with Crippen LogP contribution in [0.3, 0.4) is 0 Å². The Bertz CT molecular complexity index is 852. The first kappa shape index (κ1) is 21.0. The van der Waals surface area contributed by atoms with E-state index in [0.29, 0.717) is 10.0 Å². The molecule has 0 fully saturated rings. The van der Waals surface area contributed by atoms with Gasteiger partial charge in [-0.05, 0) is 77.5 Å². The van der Waals surface area contributed by atoms with Crippen LogP contribution in [0.25, 0.3) is 0 Å². The van der Waals surface area contributed by atoms with Gasteiger partial charge >= 0.3 is 5.97 Å². The summed E-state index contributed by atoms with van der Waals surface area (Å²) in [6.07, 6.45) is 0. The third-order valence-electron chi connectivity index (χ3n) is 3.75. The number of nitrogens with zero attached hydrogens (tertiary/aromatic N) is 1. The molecule has 0 bridgehead atoms. The Hall–Kier alpha value is -1.26. The molecule has 0 aliphatic heterocycles. The zero-order chi connectivity index (χ0) is 19.3. The number of rotatable bonds is 8. The summed E-state index contributed by atoms with van der Waals surface area (Å²) in [6, 6.07) is 6.20. The van der Waals surface area contributed by atoms with E-state index in [1.807, 2.05) is 35.8 Å². The Morgan fingerprint density at radius 1 is 1.35 bits per heavy atom. The molecular formula is C17H21BrN2O4S2. The molecular weight excluding hydrogens is 440 g/mol. The van der Waals surface area contributed by atoms with E-state index in [2.05, 4.69) is 20.7 Å². The van der Waals surface area contributed by atoms with Gasteiger partial charge in [0.05, 0.1) is 17.1 Å². The van der Waals surface area contributed by atoms with Crippen LogP contribution < -0.4 is 4.72 Å². The smallest absolute Gasteiger partial charge is 0.338 e. The first-order chi connectivity index (χ1) is 12.3. The van der Waals surface area contributed by atoms with E-state index in [4.69, 9.17) is 4.74 Å². The average Bonchev–Trinajstić information content (AvgIpc) is 3.08. The first-order valence-electron chi connectivity index (χ1n) is 7.91. The van der Waals surface area contributed by atoms with E-state index in [9.17, 15) is 13.2 Å². The molecule has 0 aliphatic rings. The van der Waals surface area contributed by atoms with Gasteiger partial charge in [-0.3, -0.25) is 0 Å². The molecule has 0 aliphatic carbocycles. The van der Waals surface area contributed by atoms with Crippen LogP contribution in [-0.2, 0) is 14.8 Å². The summed E-state index contributed by atoms with van der Waals surface area (Å²) in [5.41, 5.74) is 1.35. The van der Waals surface area contributed by atoms with Crippen molar-refractivity contribution in [2.45, 2.75) is 17.9 Å². The summed E-state index contributed by atoms with van der Waals surface area (Å²) in [5.74, 6) is -0.491. The second kappa shape index (κ2) is 9.09. The maximum atomic E-state index is 12.7. The number of likely N-dealkylation sites (N-methyl/N-ethyl adjacent to an activating group) is 1. The van der Waals surface area contributed by atoms with Crippen molar-refractivity contribution < 1.29 is 17.9 Å². The van der Waals surface area contributed by atoms with E-state index in [1.165, 1.54) is 18.2 Å². The van der Waals surface area contributed by atoms with Crippen molar-refractivity contribution in [3.8, 4) is 0 Å². The van der Waals surface area contributed by atoms with Crippen molar-refractivity contribution >= 4 is 43.3 Å². The Labute approximate surface area is 166 Å². The SMILES string of the molecule is CCOC(=O)c1ccc(S(=O)(=O)NC[C@@H](c2ccsc2)N(C)C)c(Br)c1. The van der Waals surface area contributed by atoms with Crippen LogP contribution in [0.2, 0.25) is 0 Å².